The van der Waals surface area contributed by atoms with Crippen molar-refractivity contribution in [1.29, 1.82) is 0 Å². The summed E-state index contributed by atoms with van der Waals surface area (Å²) < 4.78 is 11.0. The van der Waals surface area contributed by atoms with Crippen molar-refractivity contribution in [2.75, 3.05) is 19.6 Å². The standard InChI is InChI=1S/C26H33NO4.ClH/c1-5-15-27-16-7-9-21(18-27)20-8-6-10-23(17-20)30-24(28)19-11-13-22(14-12-19)31-25(29)26(2,3)4;/h6,8,10-14,17,21H,5,7,9,15-16,18H2,1-4H3;1H. The highest BCUT2D eigenvalue weighted by molar-refractivity contribution is 5.91. The number of esters is 2. The largest absolute Gasteiger partial charge is 0.426 e. The predicted octanol–water partition coefficient (Wildman–Crippen LogP) is 5.87. The molecule has 0 spiro atoms. The van der Waals surface area contributed by atoms with Crippen LogP contribution >= 0.6 is 12.4 Å². The minimum absolute atomic E-state index is 0. The molecule has 0 saturated carbocycles. The van der Waals surface area contributed by atoms with Gasteiger partial charge in [0.1, 0.15) is 11.5 Å². The number of hydrogen-bond donors (Lipinski definition) is 0. The van der Waals surface area contributed by atoms with E-state index < -0.39 is 11.4 Å². The van der Waals surface area contributed by atoms with Gasteiger partial charge in [-0.2, -0.15) is 0 Å². The van der Waals surface area contributed by atoms with Gasteiger partial charge in [-0.3, -0.25) is 4.79 Å². The summed E-state index contributed by atoms with van der Waals surface area (Å²) in [6, 6.07) is 14.3. The topological polar surface area (TPSA) is 55.8 Å². The van der Waals surface area contributed by atoms with Crippen molar-refractivity contribution in [3.63, 3.8) is 0 Å². The van der Waals surface area contributed by atoms with Gasteiger partial charge in [-0.25, -0.2) is 4.79 Å². The zero-order chi connectivity index (χ0) is 22.4. The summed E-state index contributed by atoms with van der Waals surface area (Å²) in [4.78, 5) is 27.1. The number of nitrogens with zero attached hydrogens (tertiary/aromatic N) is 1. The summed E-state index contributed by atoms with van der Waals surface area (Å²) in [5.74, 6) is 0.684. The van der Waals surface area contributed by atoms with Crippen molar-refractivity contribution >= 4 is 24.3 Å². The third-order valence-corrected chi connectivity index (χ3v) is 5.50. The molecule has 0 aliphatic carbocycles. The van der Waals surface area contributed by atoms with Gasteiger partial charge < -0.3 is 14.4 Å². The van der Waals surface area contributed by atoms with E-state index in [1.54, 1.807) is 45.0 Å². The molecule has 0 amide bonds. The number of likely N-dealkylation sites (tertiary alicyclic amines) is 1. The number of carbonyl (C=O) groups excluding carboxylic acids is 2. The van der Waals surface area contributed by atoms with Crippen molar-refractivity contribution in [3.8, 4) is 11.5 Å². The van der Waals surface area contributed by atoms with Gasteiger partial charge in [0.25, 0.3) is 0 Å². The highest BCUT2D eigenvalue weighted by Gasteiger charge is 2.24. The maximum absolute atomic E-state index is 12.6. The van der Waals surface area contributed by atoms with Gasteiger partial charge in [-0.1, -0.05) is 19.1 Å². The molecule has 0 bridgehead atoms. The van der Waals surface area contributed by atoms with Gasteiger partial charge >= 0.3 is 11.9 Å². The predicted molar refractivity (Wildman–Crippen MR) is 129 cm³/mol. The fourth-order valence-electron chi connectivity index (χ4n) is 3.76. The molecule has 6 heteroatoms. The fraction of sp³-hybridized carbons (Fsp3) is 0.462. The number of rotatable bonds is 6. The first-order valence-electron chi connectivity index (χ1n) is 11.1. The third kappa shape index (κ3) is 7.07. The first-order chi connectivity index (χ1) is 14.8. The van der Waals surface area contributed by atoms with Crippen LogP contribution in [0.4, 0.5) is 0 Å². The molecule has 1 atom stereocenters. The van der Waals surface area contributed by atoms with Crippen LogP contribution in [0.25, 0.3) is 0 Å². The molecule has 1 aliphatic heterocycles. The Morgan fingerprint density at radius 2 is 1.75 bits per heavy atom. The number of piperidine rings is 1. The summed E-state index contributed by atoms with van der Waals surface area (Å²) >= 11 is 0. The molecule has 1 heterocycles. The minimum atomic E-state index is -0.589. The Kier molecular flexibility index (Phi) is 9.29. The van der Waals surface area contributed by atoms with E-state index >= 15 is 0 Å². The summed E-state index contributed by atoms with van der Waals surface area (Å²) in [6.07, 6.45) is 3.52. The lowest BCUT2D eigenvalue weighted by Gasteiger charge is -2.32. The van der Waals surface area contributed by atoms with E-state index in [9.17, 15) is 9.59 Å². The van der Waals surface area contributed by atoms with Gasteiger partial charge in [0.05, 0.1) is 11.0 Å². The zero-order valence-electron chi connectivity index (χ0n) is 19.4. The van der Waals surface area contributed by atoms with E-state index in [-0.39, 0.29) is 18.4 Å². The highest BCUT2D eigenvalue weighted by atomic mass is 35.5. The van der Waals surface area contributed by atoms with Crippen LogP contribution in [-0.2, 0) is 4.79 Å². The average molecular weight is 460 g/mol. The van der Waals surface area contributed by atoms with Gasteiger partial charge in [-0.05, 0) is 101 Å². The molecule has 5 nitrogen and oxygen atoms in total. The van der Waals surface area contributed by atoms with Crippen LogP contribution in [0.15, 0.2) is 48.5 Å². The Morgan fingerprint density at radius 3 is 2.41 bits per heavy atom. The lowest BCUT2D eigenvalue weighted by Crippen LogP contribution is -2.34. The lowest BCUT2D eigenvalue weighted by molar-refractivity contribution is -0.142. The monoisotopic (exact) mass is 459 g/mol. The highest BCUT2D eigenvalue weighted by Crippen LogP contribution is 2.29. The van der Waals surface area contributed by atoms with Gasteiger partial charge in [-0.15, -0.1) is 12.4 Å². The third-order valence-electron chi connectivity index (χ3n) is 5.50. The van der Waals surface area contributed by atoms with Gasteiger partial charge in [0, 0.05) is 6.54 Å². The molecule has 0 radical (unpaired) electrons. The molecule has 1 aliphatic rings. The molecule has 2 aromatic carbocycles. The summed E-state index contributed by atoms with van der Waals surface area (Å²) in [5.41, 5.74) is 1.04. The number of carbonyl (C=O) groups is 2. The Hall–Kier alpha value is -2.37. The van der Waals surface area contributed by atoms with Crippen LogP contribution in [0.3, 0.4) is 0 Å². The van der Waals surface area contributed by atoms with E-state index in [0.717, 1.165) is 19.5 Å². The van der Waals surface area contributed by atoms with Crippen LogP contribution in [0.1, 0.15) is 68.8 Å². The normalized spacial score (nSPS) is 16.7. The van der Waals surface area contributed by atoms with Gasteiger partial charge in [0.15, 0.2) is 0 Å². The fourth-order valence-corrected chi connectivity index (χ4v) is 3.76. The minimum Gasteiger partial charge on any atom is -0.426 e. The van der Waals surface area contributed by atoms with E-state index in [0.29, 0.717) is 23.0 Å². The van der Waals surface area contributed by atoms with Crippen molar-refractivity contribution in [3.05, 3.63) is 59.7 Å². The number of halogens is 1. The maximum atomic E-state index is 12.6. The van der Waals surface area contributed by atoms with Crippen LogP contribution in [0.2, 0.25) is 0 Å². The van der Waals surface area contributed by atoms with Crippen molar-refractivity contribution in [2.45, 2.75) is 52.9 Å². The molecule has 0 aromatic heterocycles. The Balaban J connectivity index is 0.00000363. The van der Waals surface area contributed by atoms with Crippen molar-refractivity contribution < 1.29 is 19.1 Å². The molecule has 1 fully saturated rings. The quantitative estimate of drug-likeness (QED) is 0.399. The van der Waals surface area contributed by atoms with Crippen LogP contribution in [0.5, 0.6) is 11.5 Å². The summed E-state index contributed by atoms with van der Waals surface area (Å²) in [6.45, 7) is 11.0. The maximum Gasteiger partial charge on any atom is 0.343 e. The molecule has 174 valence electrons. The second kappa shape index (κ2) is 11.5. The number of hydrogen-bond acceptors (Lipinski definition) is 5. The molecule has 32 heavy (non-hydrogen) atoms. The average Bonchev–Trinajstić information content (AvgIpc) is 2.74. The zero-order valence-corrected chi connectivity index (χ0v) is 20.2. The van der Waals surface area contributed by atoms with E-state index in [1.165, 1.54) is 24.9 Å². The lowest BCUT2D eigenvalue weighted by atomic mass is 9.90. The van der Waals surface area contributed by atoms with Crippen LogP contribution in [-0.4, -0.2) is 36.5 Å². The van der Waals surface area contributed by atoms with Crippen molar-refractivity contribution in [2.24, 2.45) is 5.41 Å². The van der Waals surface area contributed by atoms with Crippen LogP contribution < -0.4 is 9.47 Å². The Morgan fingerprint density at radius 1 is 1.03 bits per heavy atom. The first-order valence-corrected chi connectivity index (χ1v) is 11.1. The van der Waals surface area contributed by atoms with Crippen LogP contribution in [0, 0.1) is 5.41 Å². The number of benzene rings is 2. The number of ether oxygens (including phenoxy) is 2. The van der Waals surface area contributed by atoms with E-state index in [1.807, 2.05) is 18.2 Å². The molecule has 1 saturated heterocycles. The summed E-state index contributed by atoms with van der Waals surface area (Å²) in [5, 5.41) is 0. The van der Waals surface area contributed by atoms with Gasteiger partial charge in [0.2, 0.25) is 0 Å². The molecule has 3 rings (SSSR count). The SMILES string of the molecule is CCCN1CCCC(c2cccc(OC(=O)c3ccc(OC(=O)C(C)(C)C)cc3)c2)C1.Cl. The Labute approximate surface area is 197 Å². The molecular formula is C26H34ClNO4. The smallest absolute Gasteiger partial charge is 0.343 e. The van der Waals surface area contributed by atoms with E-state index in [4.69, 9.17) is 9.47 Å². The molecule has 1 unspecified atom stereocenters. The first kappa shape index (κ1) is 25.9. The molecular weight excluding hydrogens is 426 g/mol. The second-order valence-electron chi connectivity index (χ2n) is 9.27. The Bertz CT molecular complexity index is 903. The second-order valence-corrected chi connectivity index (χ2v) is 9.27. The summed E-state index contributed by atoms with van der Waals surface area (Å²) in [7, 11) is 0. The molecule has 2 aromatic rings. The molecule has 0 N–H and O–H groups in total. The van der Waals surface area contributed by atoms with E-state index in [2.05, 4.69) is 17.9 Å². The van der Waals surface area contributed by atoms with Crippen molar-refractivity contribution in [1.82, 2.24) is 4.90 Å².